The fraction of sp³-hybridized carbons (Fsp3) is 0.364. The van der Waals surface area contributed by atoms with Gasteiger partial charge < -0.3 is 11.1 Å². The van der Waals surface area contributed by atoms with Crippen molar-refractivity contribution in [2.45, 2.75) is 13.0 Å². The molecule has 1 unspecified atom stereocenters. The highest BCUT2D eigenvalue weighted by molar-refractivity contribution is 7.98. The summed E-state index contributed by atoms with van der Waals surface area (Å²) in [6.45, 7) is 1.79. The Labute approximate surface area is 103 Å². The first-order chi connectivity index (χ1) is 7.95. The predicted octanol–water partition coefficient (Wildman–Crippen LogP) is 2.03. The van der Waals surface area contributed by atoms with Crippen LogP contribution in [0.15, 0.2) is 12.1 Å². The van der Waals surface area contributed by atoms with E-state index in [9.17, 15) is 13.6 Å². The first-order valence-electron chi connectivity index (χ1n) is 5.00. The maximum atomic E-state index is 13.5. The Morgan fingerprint density at radius 3 is 2.76 bits per heavy atom. The summed E-state index contributed by atoms with van der Waals surface area (Å²) in [5.74, 6) is -1.58. The molecule has 0 radical (unpaired) electrons. The number of benzene rings is 1. The topological polar surface area (TPSA) is 55.1 Å². The SMILES string of the molecule is CSCC(C)NC(=O)c1cc(F)cc(N)c1F. The van der Waals surface area contributed by atoms with Crippen molar-refractivity contribution in [1.82, 2.24) is 5.32 Å². The summed E-state index contributed by atoms with van der Waals surface area (Å²) in [7, 11) is 0. The van der Waals surface area contributed by atoms with Gasteiger partial charge in [-0.2, -0.15) is 11.8 Å². The van der Waals surface area contributed by atoms with Crippen molar-refractivity contribution >= 4 is 23.4 Å². The predicted molar refractivity (Wildman–Crippen MR) is 66.1 cm³/mol. The molecule has 0 heterocycles. The number of amides is 1. The standard InChI is InChI=1S/C11H14F2N2OS/c1-6(5-17-2)15-11(16)8-3-7(12)4-9(14)10(8)13/h3-4,6H,5,14H2,1-2H3,(H,15,16). The van der Waals surface area contributed by atoms with Gasteiger partial charge in [0.15, 0.2) is 5.82 Å². The number of hydrogen-bond acceptors (Lipinski definition) is 3. The van der Waals surface area contributed by atoms with Gasteiger partial charge in [0.25, 0.3) is 5.91 Å². The third-order valence-corrected chi connectivity index (χ3v) is 2.94. The Bertz CT molecular complexity index is 426. The monoisotopic (exact) mass is 260 g/mol. The zero-order chi connectivity index (χ0) is 13.0. The summed E-state index contributed by atoms with van der Waals surface area (Å²) < 4.78 is 26.5. The second-order valence-corrected chi connectivity index (χ2v) is 4.60. The molecule has 1 atom stereocenters. The van der Waals surface area contributed by atoms with Gasteiger partial charge in [-0.25, -0.2) is 8.78 Å². The number of nitrogens with one attached hydrogen (secondary N) is 1. The number of thioether (sulfide) groups is 1. The molecule has 0 aliphatic carbocycles. The number of carbonyl (C=O) groups excluding carboxylic acids is 1. The van der Waals surface area contributed by atoms with Crippen LogP contribution in [0, 0.1) is 11.6 Å². The van der Waals surface area contributed by atoms with Crippen molar-refractivity contribution in [2.24, 2.45) is 0 Å². The van der Waals surface area contributed by atoms with Gasteiger partial charge in [-0.1, -0.05) is 0 Å². The van der Waals surface area contributed by atoms with E-state index in [0.717, 1.165) is 12.1 Å². The third kappa shape index (κ3) is 3.59. The molecule has 3 nitrogen and oxygen atoms in total. The van der Waals surface area contributed by atoms with E-state index in [1.807, 2.05) is 6.26 Å². The van der Waals surface area contributed by atoms with Crippen molar-refractivity contribution in [3.63, 3.8) is 0 Å². The molecule has 1 aromatic rings. The van der Waals surface area contributed by atoms with Crippen LogP contribution in [0.2, 0.25) is 0 Å². The van der Waals surface area contributed by atoms with Crippen LogP contribution in [0.4, 0.5) is 14.5 Å². The van der Waals surface area contributed by atoms with Crippen LogP contribution in [0.5, 0.6) is 0 Å². The van der Waals surface area contributed by atoms with E-state index in [2.05, 4.69) is 5.32 Å². The van der Waals surface area contributed by atoms with E-state index in [1.165, 1.54) is 0 Å². The number of halogens is 2. The highest BCUT2D eigenvalue weighted by atomic mass is 32.2. The Morgan fingerprint density at radius 2 is 2.18 bits per heavy atom. The van der Waals surface area contributed by atoms with Crippen LogP contribution in [0.3, 0.4) is 0 Å². The van der Waals surface area contributed by atoms with Gasteiger partial charge >= 0.3 is 0 Å². The number of nitrogen functional groups attached to an aromatic ring is 1. The smallest absolute Gasteiger partial charge is 0.254 e. The van der Waals surface area contributed by atoms with Crippen molar-refractivity contribution < 1.29 is 13.6 Å². The molecule has 1 amide bonds. The van der Waals surface area contributed by atoms with Crippen molar-refractivity contribution in [2.75, 3.05) is 17.7 Å². The zero-order valence-corrected chi connectivity index (χ0v) is 10.4. The molecule has 1 aromatic carbocycles. The van der Waals surface area contributed by atoms with Crippen LogP contribution in [-0.4, -0.2) is 24.0 Å². The van der Waals surface area contributed by atoms with Crippen LogP contribution in [0.1, 0.15) is 17.3 Å². The van der Waals surface area contributed by atoms with Gasteiger partial charge in [-0.3, -0.25) is 4.79 Å². The van der Waals surface area contributed by atoms with Crippen LogP contribution < -0.4 is 11.1 Å². The minimum atomic E-state index is -0.889. The average molecular weight is 260 g/mol. The lowest BCUT2D eigenvalue weighted by Gasteiger charge is -2.13. The lowest BCUT2D eigenvalue weighted by Crippen LogP contribution is -2.34. The maximum Gasteiger partial charge on any atom is 0.254 e. The second kappa shape index (κ2) is 5.86. The van der Waals surface area contributed by atoms with Crippen LogP contribution in [0.25, 0.3) is 0 Å². The third-order valence-electron chi connectivity index (χ3n) is 2.10. The molecule has 17 heavy (non-hydrogen) atoms. The van der Waals surface area contributed by atoms with E-state index in [-0.39, 0.29) is 17.3 Å². The summed E-state index contributed by atoms with van der Waals surface area (Å²) in [5.41, 5.74) is 4.52. The minimum absolute atomic E-state index is 0.124. The van der Waals surface area contributed by atoms with Gasteiger partial charge in [0.05, 0.1) is 11.3 Å². The lowest BCUT2D eigenvalue weighted by molar-refractivity contribution is 0.0939. The molecule has 0 aliphatic heterocycles. The zero-order valence-electron chi connectivity index (χ0n) is 9.59. The number of carbonyl (C=O) groups is 1. The highest BCUT2D eigenvalue weighted by Gasteiger charge is 2.17. The van der Waals surface area contributed by atoms with Crippen molar-refractivity contribution in [1.29, 1.82) is 0 Å². The summed E-state index contributed by atoms with van der Waals surface area (Å²) in [5, 5.41) is 2.57. The molecule has 0 fully saturated rings. The van der Waals surface area contributed by atoms with Crippen LogP contribution >= 0.6 is 11.8 Å². The molecular weight excluding hydrogens is 246 g/mol. The highest BCUT2D eigenvalue weighted by Crippen LogP contribution is 2.17. The number of nitrogens with two attached hydrogens (primary N) is 1. The first kappa shape index (κ1) is 13.8. The Morgan fingerprint density at radius 1 is 1.53 bits per heavy atom. The number of hydrogen-bond donors (Lipinski definition) is 2. The number of anilines is 1. The van der Waals surface area contributed by atoms with Gasteiger partial charge in [0.2, 0.25) is 0 Å². The molecule has 3 N–H and O–H groups in total. The van der Waals surface area contributed by atoms with Gasteiger partial charge in [0.1, 0.15) is 5.82 Å². The molecule has 0 aromatic heterocycles. The van der Waals surface area contributed by atoms with E-state index in [0.29, 0.717) is 5.75 Å². The molecule has 0 spiro atoms. The quantitative estimate of drug-likeness (QED) is 0.814. The van der Waals surface area contributed by atoms with Crippen LogP contribution in [-0.2, 0) is 0 Å². The van der Waals surface area contributed by atoms with Gasteiger partial charge in [0, 0.05) is 11.8 Å². The first-order valence-corrected chi connectivity index (χ1v) is 6.39. The molecule has 0 saturated carbocycles. The van der Waals surface area contributed by atoms with E-state index in [4.69, 9.17) is 5.73 Å². The van der Waals surface area contributed by atoms with Crippen molar-refractivity contribution in [3.05, 3.63) is 29.3 Å². The minimum Gasteiger partial charge on any atom is -0.396 e. The fourth-order valence-corrected chi connectivity index (χ4v) is 1.95. The van der Waals surface area contributed by atoms with Gasteiger partial charge in [-0.15, -0.1) is 0 Å². The van der Waals surface area contributed by atoms with Crippen molar-refractivity contribution in [3.8, 4) is 0 Å². The average Bonchev–Trinajstić information content (AvgIpc) is 2.23. The lowest BCUT2D eigenvalue weighted by atomic mass is 10.1. The molecule has 0 saturated heterocycles. The van der Waals surface area contributed by atoms with E-state index in [1.54, 1.807) is 18.7 Å². The largest absolute Gasteiger partial charge is 0.396 e. The Hall–Kier alpha value is -1.30. The van der Waals surface area contributed by atoms with Gasteiger partial charge in [-0.05, 0) is 25.3 Å². The fourth-order valence-electron chi connectivity index (χ4n) is 1.37. The summed E-state index contributed by atoms with van der Waals surface area (Å²) in [6, 6.07) is 1.56. The molecule has 94 valence electrons. The Balaban J connectivity index is 2.89. The summed E-state index contributed by atoms with van der Waals surface area (Å²) >= 11 is 1.55. The number of rotatable bonds is 4. The molecule has 1 rings (SSSR count). The molecule has 6 heteroatoms. The molecular formula is C11H14F2N2OS. The normalized spacial score (nSPS) is 12.2. The second-order valence-electron chi connectivity index (χ2n) is 3.69. The Kier molecular flexibility index (Phi) is 4.74. The summed E-state index contributed by atoms with van der Waals surface area (Å²) in [6.07, 6.45) is 1.89. The summed E-state index contributed by atoms with van der Waals surface area (Å²) in [4.78, 5) is 11.7. The maximum absolute atomic E-state index is 13.5. The van der Waals surface area contributed by atoms with E-state index < -0.39 is 17.5 Å². The molecule has 0 bridgehead atoms. The molecule has 0 aliphatic rings. The van der Waals surface area contributed by atoms with E-state index >= 15 is 0 Å².